The number of aliphatic hydroxyl groups excluding tert-OH is 1. The van der Waals surface area contributed by atoms with Crippen molar-refractivity contribution >= 4 is 10.0 Å². The van der Waals surface area contributed by atoms with Crippen LogP contribution in [-0.2, 0) is 14.8 Å². The van der Waals surface area contributed by atoms with Crippen molar-refractivity contribution in [2.24, 2.45) is 0 Å². The van der Waals surface area contributed by atoms with Gasteiger partial charge in [-0.25, -0.2) is 12.8 Å². The van der Waals surface area contributed by atoms with E-state index in [1.54, 1.807) is 20.8 Å². The van der Waals surface area contributed by atoms with E-state index in [9.17, 15) is 17.9 Å². The van der Waals surface area contributed by atoms with E-state index in [-0.39, 0.29) is 24.6 Å². The molecule has 0 saturated carbocycles. The van der Waals surface area contributed by atoms with Gasteiger partial charge in [-0.3, -0.25) is 0 Å². The number of nitrogens with zero attached hydrogens (tertiary/aromatic N) is 1. The largest absolute Gasteiger partial charge is 0.394 e. The fourth-order valence-electron chi connectivity index (χ4n) is 2.40. The van der Waals surface area contributed by atoms with Crippen LogP contribution in [0, 0.1) is 12.7 Å². The van der Waals surface area contributed by atoms with E-state index in [0.717, 1.165) is 6.07 Å². The van der Waals surface area contributed by atoms with Crippen LogP contribution in [0.1, 0.15) is 19.4 Å². The molecule has 1 N–H and O–H groups in total. The molecule has 0 radical (unpaired) electrons. The van der Waals surface area contributed by atoms with Crippen LogP contribution in [0.3, 0.4) is 0 Å². The average molecular weight is 317 g/mol. The minimum absolute atomic E-state index is 0.0533. The van der Waals surface area contributed by atoms with E-state index < -0.39 is 27.5 Å². The number of morpholine rings is 1. The lowest BCUT2D eigenvalue weighted by Crippen LogP contribution is -2.55. The van der Waals surface area contributed by atoms with E-state index in [4.69, 9.17) is 4.74 Å². The van der Waals surface area contributed by atoms with Gasteiger partial charge in [0.25, 0.3) is 0 Å². The van der Waals surface area contributed by atoms with E-state index in [2.05, 4.69) is 0 Å². The molecule has 1 saturated heterocycles. The second kappa shape index (κ2) is 5.64. The molecule has 1 unspecified atom stereocenters. The fourth-order valence-corrected chi connectivity index (χ4v) is 4.04. The van der Waals surface area contributed by atoms with Crippen molar-refractivity contribution in [3.63, 3.8) is 0 Å². The number of aliphatic hydroxyl groups is 1. The van der Waals surface area contributed by atoms with Crippen molar-refractivity contribution in [3.8, 4) is 0 Å². The number of aryl methyl sites for hydroxylation is 1. The number of ether oxygens (including phenoxy) is 1. The predicted octanol–water partition coefficient (Wildman–Crippen LogP) is 1.29. The Morgan fingerprint density at radius 2 is 2.14 bits per heavy atom. The molecule has 0 bridgehead atoms. The highest BCUT2D eigenvalue weighted by Gasteiger charge is 2.39. The normalized spacial score (nSPS) is 23.2. The third kappa shape index (κ3) is 3.42. The summed E-state index contributed by atoms with van der Waals surface area (Å²) in [6.07, 6.45) is -0.584. The Morgan fingerprint density at radius 1 is 1.48 bits per heavy atom. The van der Waals surface area contributed by atoms with Gasteiger partial charge in [0.1, 0.15) is 5.82 Å². The average Bonchev–Trinajstić information content (AvgIpc) is 2.39. The smallest absolute Gasteiger partial charge is 0.243 e. The minimum Gasteiger partial charge on any atom is -0.394 e. The van der Waals surface area contributed by atoms with Crippen molar-refractivity contribution in [1.82, 2.24) is 4.31 Å². The summed E-state index contributed by atoms with van der Waals surface area (Å²) in [5, 5.41) is 9.25. The first-order valence-corrected chi connectivity index (χ1v) is 8.15. The Labute approximate surface area is 124 Å². The Morgan fingerprint density at radius 3 is 2.71 bits per heavy atom. The van der Waals surface area contributed by atoms with E-state index >= 15 is 0 Å². The van der Waals surface area contributed by atoms with Gasteiger partial charge in [0.15, 0.2) is 0 Å². The van der Waals surface area contributed by atoms with Crippen molar-refractivity contribution in [2.75, 3.05) is 19.7 Å². The molecule has 1 aliphatic rings. The van der Waals surface area contributed by atoms with Crippen molar-refractivity contribution in [1.29, 1.82) is 0 Å². The van der Waals surface area contributed by atoms with Crippen LogP contribution in [0.15, 0.2) is 23.1 Å². The Hall–Kier alpha value is -1.02. The van der Waals surface area contributed by atoms with Gasteiger partial charge >= 0.3 is 0 Å². The molecule has 118 valence electrons. The van der Waals surface area contributed by atoms with Gasteiger partial charge in [0.2, 0.25) is 10.0 Å². The summed E-state index contributed by atoms with van der Waals surface area (Å²) in [4.78, 5) is -0.0833. The fraction of sp³-hybridized carbons (Fsp3) is 0.571. The lowest BCUT2D eigenvalue weighted by atomic mass is 10.1. The Balaban J connectivity index is 2.36. The third-order valence-corrected chi connectivity index (χ3v) is 5.24. The van der Waals surface area contributed by atoms with Crippen LogP contribution < -0.4 is 0 Å². The molecule has 1 atom stereocenters. The van der Waals surface area contributed by atoms with Gasteiger partial charge in [0, 0.05) is 13.1 Å². The second-order valence-corrected chi connectivity index (χ2v) is 7.83. The first-order valence-electron chi connectivity index (χ1n) is 6.71. The van der Waals surface area contributed by atoms with Gasteiger partial charge in [-0.1, -0.05) is 6.07 Å². The number of sulfonamides is 1. The molecule has 1 aliphatic heterocycles. The zero-order chi connectivity index (χ0) is 15.8. The summed E-state index contributed by atoms with van der Waals surface area (Å²) in [5.74, 6) is -0.553. The predicted molar refractivity (Wildman–Crippen MR) is 75.9 cm³/mol. The molecular weight excluding hydrogens is 297 g/mol. The summed E-state index contributed by atoms with van der Waals surface area (Å²) >= 11 is 0. The lowest BCUT2D eigenvalue weighted by Gasteiger charge is -2.41. The molecule has 0 aromatic heterocycles. The Kier molecular flexibility index (Phi) is 4.39. The third-order valence-electron chi connectivity index (χ3n) is 3.43. The second-order valence-electron chi connectivity index (χ2n) is 5.89. The SMILES string of the molecule is Cc1ccc(S(=O)(=O)N2CC(CO)OC(C)(C)C2)cc1F. The van der Waals surface area contributed by atoms with Crippen LogP contribution in [0.25, 0.3) is 0 Å². The lowest BCUT2D eigenvalue weighted by molar-refractivity contribution is -0.131. The van der Waals surface area contributed by atoms with Crippen molar-refractivity contribution < 1.29 is 22.7 Å². The molecule has 7 heteroatoms. The summed E-state index contributed by atoms with van der Waals surface area (Å²) in [6, 6.07) is 3.86. The van der Waals surface area contributed by atoms with E-state index in [1.165, 1.54) is 16.4 Å². The van der Waals surface area contributed by atoms with Gasteiger partial charge < -0.3 is 9.84 Å². The van der Waals surface area contributed by atoms with Crippen LogP contribution in [0.4, 0.5) is 4.39 Å². The van der Waals surface area contributed by atoms with Crippen LogP contribution in [0.5, 0.6) is 0 Å². The highest BCUT2D eigenvalue weighted by molar-refractivity contribution is 7.89. The number of benzene rings is 1. The molecular formula is C14H20FNO4S. The molecule has 5 nitrogen and oxygen atoms in total. The summed E-state index contributed by atoms with van der Waals surface area (Å²) in [7, 11) is -3.81. The summed E-state index contributed by atoms with van der Waals surface area (Å²) < 4.78 is 45.7. The number of rotatable bonds is 3. The van der Waals surface area contributed by atoms with Crippen molar-refractivity contribution in [3.05, 3.63) is 29.6 Å². The molecule has 1 fully saturated rings. The van der Waals surface area contributed by atoms with Crippen molar-refractivity contribution in [2.45, 2.75) is 37.4 Å². The summed E-state index contributed by atoms with van der Waals surface area (Å²) in [6.45, 7) is 5.03. The highest BCUT2D eigenvalue weighted by atomic mass is 32.2. The maximum absolute atomic E-state index is 13.6. The highest BCUT2D eigenvalue weighted by Crippen LogP contribution is 2.27. The van der Waals surface area contributed by atoms with E-state index in [0.29, 0.717) is 5.56 Å². The van der Waals surface area contributed by atoms with Gasteiger partial charge in [-0.05, 0) is 38.5 Å². The molecule has 1 aromatic carbocycles. The Bertz CT molecular complexity index is 630. The molecule has 0 amide bonds. The van der Waals surface area contributed by atoms with Gasteiger partial charge in [0.05, 0.1) is 23.2 Å². The maximum Gasteiger partial charge on any atom is 0.243 e. The zero-order valence-corrected chi connectivity index (χ0v) is 13.2. The van der Waals surface area contributed by atoms with E-state index in [1.807, 2.05) is 0 Å². The van der Waals surface area contributed by atoms with Gasteiger partial charge in [-0.2, -0.15) is 4.31 Å². The zero-order valence-electron chi connectivity index (χ0n) is 12.3. The first kappa shape index (κ1) is 16.4. The van der Waals surface area contributed by atoms with Crippen LogP contribution in [0.2, 0.25) is 0 Å². The van der Waals surface area contributed by atoms with Crippen LogP contribution >= 0.6 is 0 Å². The first-order chi connectivity index (χ1) is 9.65. The maximum atomic E-state index is 13.6. The number of halogens is 1. The quantitative estimate of drug-likeness (QED) is 0.912. The molecule has 0 spiro atoms. The molecule has 2 rings (SSSR count). The molecule has 0 aliphatic carbocycles. The topological polar surface area (TPSA) is 66.8 Å². The number of hydrogen-bond acceptors (Lipinski definition) is 4. The number of hydrogen-bond donors (Lipinski definition) is 1. The summed E-state index contributed by atoms with van der Waals surface area (Å²) in [5.41, 5.74) is -0.313. The minimum atomic E-state index is -3.81. The molecule has 1 heterocycles. The van der Waals surface area contributed by atoms with Crippen LogP contribution in [-0.4, -0.2) is 49.2 Å². The molecule has 1 aromatic rings. The molecule has 21 heavy (non-hydrogen) atoms. The standard InChI is InChI=1S/C14H20FNO4S/c1-10-4-5-12(6-13(10)15)21(18,19)16-7-11(8-17)20-14(2,3)9-16/h4-6,11,17H,7-9H2,1-3H3. The monoisotopic (exact) mass is 317 g/mol. The van der Waals surface area contributed by atoms with Gasteiger partial charge in [-0.15, -0.1) is 0 Å².